The van der Waals surface area contributed by atoms with Gasteiger partial charge in [0.1, 0.15) is 12.2 Å². The smallest absolute Gasteiger partial charge is 0.306 e. The number of hydrogen-bond acceptors (Lipinski definition) is 6. The van der Waals surface area contributed by atoms with E-state index >= 15 is 0 Å². The molecular weight excluding hydrogens is 620 g/mol. The Morgan fingerprint density at radius 3 is 1.00 bits per heavy atom. The lowest BCUT2D eigenvalue weighted by molar-refractivity contribution is -0.161. The van der Waals surface area contributed by atoms with Crippen LogP contribution in [0.3, 0.4) is 0 Å². The van der Waals surface area contributed by atoms with E-state index in [0.29, 0.717) is 12.8 Å². The number of piperidine rings is 2. The second kappa shape index (κ2) is 22.2. The zero-order chi connectivity index (χ0) is 37.3. The minimum absolute atomic E-state index is 0.00265. The molecule has 0 atom stereocenters. The number of unbranched alkanes of at least 4 members (excludes halogenated alkanes) is 15. The molecule has 0 radical (unpaired) electrons. The first-order chi connectivity index (χ1) is 23.5. The molecule has 6 nitrogen and oxygen atoms in total. The average Bonchev–Trinajstić information content (AvgIpc) is 2.98. The van der Waals surface area contributed by atoms with Gasteiger partial charge in [-0.2, -0.15) is 0 Å². The zero-order valence-electron chi connectivity index (χ0n) is 35.1. The number of carbonyl (C=O) groups excluding carboxylic acids is 2. The molecular formula is C44H84N2O4. The monoisotopic (exact) mass is 705 g/mol. The lowest BCUT2D eigenvalue weighted by atomic mass is 9.78. The van der Waals surface area contributed by atoms with Crippen LogP contribution < -0.4 is 0 Å². The number of esters is 2. The first-order valence-corrected chi connectivity index (χ1v) is 21.5. The molecule has 2 aliphatic heterocycles. The molecule has 0 bridgehead atoms. The predicted octanol–water partition coefficient (Wildman–Crippen LogP) is 12.0. The Kier molecular flexibility index (Phi) is 20.0. The van der Waals surface area contributed by atoms with E-state index in [1.807, 2.05) is 0 Å². The maximum Gasteiger partial charge on any atom is 0.306 e. The lowest BCUT2D eigenvalue weighted by Crippen LogP contribution is -2.62. The molecule has 2 rings (SSSR count). The molecule has 0 aromatic heterocycles. The number of likely N-dealkylation sites (tertiary alicyclic amines) is 2. The Labute approximate surface area is 310 Å². The highest BCUT2D eigenvalue weighted by atomic mass is 16.5. The summed E-state index contributed by atoms with van der Waals surface area (Å²) in [4.78, 5) is 30.9. The van der Waals surface area contributed by atoms with Gasteiger partial charge in [-0.25, -0.2) is 0 Å². The maximum absolute atomic E-state index is 12.8. The van der Waals surface area contributed by atoms with E-state index in [4.69, 9.17) is 9.47 Å². The summed E-state index contributed by atoms with van der Waals surface area (Å²) in [6, 6.07) is 0. The van der Waals surface area contributed by atoms with Crippen LogP contribution in [-0.2, 0) is 19.1 Å². The van der Waals surface area contributed by atoms with Gasteiger partial charge in [0.2, 0.25) is 0 Å². The Morgan fingerprint density at radius 1 is 0.440 bits per heavy atom. The van der Waals surface area contributed by atoms with Crippen LogP contribution in [-0.4, -0.2) is 69.2 Å². The molecule has 2 heterocycles. The maximum atomic E-state index is 12.8. The van der Waals surface area contributed by atoms with Gasteiger partial charge in [0, 0.05) is 60.7 Å². The third-order valence-electron chi connectivity index (χ3n) is 11.9. The van der Waals surface area contributed by atoms with Gasteiger partial charge in [-0.3, -0.25) is 19.4 Å². The standard InChI is InChI=1S/C44H84N2O4/c1-11-13-15-17-23-27-31-45-41(3,4)33-37(34-42(45,5)6)49-39(47)29-25-21-19-20-22-26-30-40(48)50-38-35-43(7,8)46(44(9,10)36-38)32-28-24-18-16-14-12-2/h37-38H,11-36H2,1-10H3. The highest BCUT2D eigenvalue weighted by Crippen LogP contribution is 2.41. The van der Waals surface area contributed by atoms with Crippen molar-refractivity contribution >= 4 is 11.9 Å². The van der Waals surface area contributed by atoms with E-state index < -0.39 is 0 Å². The van der Waals surface area contributed by atoms with Crippen LogP contribution >= 0.6 is 0 Å². The van der Waals surface area contributed by atoms with Crippen LogP contribution in [0, 0.1) is 0 Å². The summed E-state index contributed by atoms with van der Waals surface area (Å²) in [5, 5.41) is 0. The summed E-state index contributed by atoms with van der Waals surface area (Å²) >= 11 is 0. The van der Waals surface area contributed by atoms with Gasteiger partial charge in [0.05, 0.1) is 0 Å². The van der Waals surface area contributed by atoms with Crippen molar-refractivity contribution in [2.45, 2.75) is 258 Å². The fourth-order valence-corrected chi connectivity index (χ4v) is 9.67. The second-order valence-electron chi connectivity index (χ2n) is 18.8. The predicted molar refractivity (Wildman–Crippen MR) is 212 cm³/mol. The summed E-state index contributed by atoms with van der Waals surface area (Å²) in [5.74, 6) is -0.0679. The number of carbonyl (C=O) groups is 2. The zero-order valence-corrected chi connectivity index (χ0v) is 35.1. The number of nitrogens with zero attached hydrogens (tertiary/aromatic N) is 2. The van der Waals surface area contributed by atoms with Gasteiger partial charge in [-0.15, -0.1) is 0 Å². The Bertz CT molecular complexity index is 846. The highest BCUT2D eigenvalue weighted by Gasteiger charge is 2.47. The summed E-state index contributed by atoms with van der Waals surface area (Å²) in [5.41, 5.74) is 0.112. The minimum atomic E-state index is -0.0340. The number of hydrogen-bond donors (Lipinski definition) is 0. The molecule has 50 heavy (non-hydrogen) atoms. The molecule has 6 heteroatoms. The van der Waals surface area contributed by atoms with Crippen LogP contribution in [0.2, 0.25) is 0 Å². The van der Waals surface area contributed by atoms with E-state index in [0.717, 1.165) is 77.3 Å². The van der Waals surface area contributed by atoms with Crippen molar-refractivity contribution in [2.75, 3.05) is 13.1 Å². The molecule has 2 saturated heterocycles. The van der Waals surface area contributed by atoms with Crippen LogP contribution in [0.1, 0.15) is 223 Å². The van der Waals surface area contributed by atoms with E-state index in [2.05, 4.69) is 79.0 Å². The van der Waals surface area contributed by atoms with Crippen molar-refractivity contribution in [2.24, 2.45) is 0 Å². The minimum Gasteiger partial charge on any atom is -0.462 e. The molecule has 0 aromatic carbocycles. The van der Waals surface area contributed by atoms with Crippen LogP contribution in [0.25, 0.3) is 0 Å². The Hall–Kier alpha value is -1.14. The number of ether oxygens (including phenoxy) is 2. The topological polar surface area (TPSA) is 59.1 Å². The van der Waals surface area contributed by atoms with Crippen molar-refractivity contribution in [3.05, 3.63) is 0 Å². The van der Waals surface area contributed by atoms with Gasteiger partial charge in [-0.1, -0.05) is 104 Å². The van der Waals surface area contributed by atoms with Gasteiger partial charge in [-0.05, 0) is 94.2 Å². The summed E-state index contributed by atoms with van der Waals surface area (Å²) in [6.07, 6.45) is 26.5. The van der Waals surface area contributed by atoms with Gasteiger partial charge in [0.25, 0.3) is 0 Å². The molecule has 2 aliphatic rings. The van der Waals surface area contributed by atoms with Crippen LogP contribution in [0.4, 0.5) is 0 Å². The lowest BCUT2D eigenvalue weighted by Gasteiger charge is -2.55. The van der Waals surface area contributed by atoms with Crippen LogP contribution in [0.5, 0.6) is 0 Å². The molecule has 0 spiro atoms. The molecule has 0 amide bonds. The average molecular weight is 705 g/mol. The van der Waals surface area contributed by atoms with Gasteiger partial charge < -0.3 is 9.47 Å². The Balaban J connectivity index is 1.58. The molecule has 294 valence electrons. The summed E-state index contributed by atoms with van der Waals surface area (Å²) < 4.78 is 12.1. The molecule has 0 saturated carbocycles. The van der Waals surface area contributed by atoms with E-state index in [1.165, 1.54) is 77.0 Å². The van der Waals surface area contributed by atoms with Crippen LogP contribution in [0.15, 0.2) is 0 Å². The normalized spacial score (nSPS) is 20.9. The van der Waals surface area contributed by atoms with Gasteiger partial charge in [0.15, 0.2) is 0 Å². The van der Waals surface area contributed by atoms with Crippen molar-refractivity contribution in [1.29, 1.82) is 0 Å². The fraction of sp³-hybridized carbons (Fsp3) is 0.955. The molecule has 0 unspecified atom stereocenters. The van der Waals surface area contributed by atoms with E-state index in [1.54, 1.807) is 0 Å². The Morgan fingerprint density at radius 2 is 0.700 bits per heavy atom. The molecule has 0 aliphatic carbocycles. The fourth-order valence-electron chi connectivity index (χ4n) is 9.67. The van der Waals surface area contributed by atoms with Crippen molar-refractivity contribution < 1.29 is 19.1 Å². The first-order valence-electron chi connectivity index (χ1n) is 21.5. The van der Waals surface area contributed by atoms with Crippen molar-refractivity contribution in [3.8, 4) is 0 Å². The molecule has 2 fully saturated rings. The van der Waals surface area contributed by atoms with Gasteiger partial charge >= 0.3 is 11.9 Å². The van der Waals surface area contributed by atoms with Crippen molar-refractivity contribution in [3.63, 3.8) is 0 Å². The molecule has 0 aromatic rings. The highest BCUT2D eigenvalue weighted by molar-refractivity contribution is 5.70. The summed E-state index contributed by atoms with van der Waals surface area (Å²) in [7, 11) is 0. The largest absolute Gasteiger partial charge is 0.462 e. The van der Waals surface area contributed by atoms with E-state index in [9.17, 15) is 9.59 Å². The SMILES string of the molecule is CCCCCCCCN1C(C)(C)CC(OC(=O)CCCCCCCCC(=O)OC2CC(C)(C)N(CCCCCCCC)C(C)(C)C2)CC1(C)C. The summed E-state index contributed by atoms with van der Waals surface area (Å²) in [6.45, 7) is 25.4. The molecule has 0 N–H and O–H groups in total. The second-order valence-corrected chi connectivity index (χ2v) is 18.8. The van der Waals surface area contributed by atoms with Crippen molar-refractivity contribution in [1.82, 2.24) is 9.80 Å². The third-order valence-corrected chi connectivity index (χ3v) is 11.9. The third kappa shape index (κ3) is 16.3. The quantitative estimate of drug-likeness (QED) is 0.0696. The first kappa shape index (κ1) is 45.0. The van der Waals surface area contributed by atoms with E-state index in [-0.39, 0.29) is 46.3 Å². The number of rotatable bonds is 25.